The zero-order chi connectivity index (χ0) is 16.8. The largest absolute Gasteiger partial charge is 0.472 e. The number of hydrogen-bond donors (Lipinski definition) is 1. The van der Waals surface area contributed by atoms with E-state index in [9.17, 15) is 4.79 Å². The summed E-state index contributed by atoms with van der Waals surface area (Å²) in [4.78, 5) is 15.8. The van der Waals surface area contributed by atoms with Gasteiger partial charge in [-0.2, -0.15) is 0 Å². The van der Waals surface area contributed by atoms with Crippen LogP contribution in [-0.4, -0.2) is 17.5 Å². The second-order valence-corrected chi connectivity index (χ2v) is 6.71. The van der Waals surface area contributed by atoms with Gasteiger partial charge in [0.15, 0.2) is 0 Å². The van der Waals surface area contributed by atoms with E-state index in [2.05, 4.69) is 16.8 Å². The maximum atomic E-state index is 12.7. The van der Waals surface area contributed by atoms with Crippen molar-refractivity contribution in [1.29, 1.82) is 0 Å². The van der Waals surface area contributed by atoms with E-state index >= 15 is 0 Å². The van der Waals surface area contributed by atoms with Gasteiger partial charge in [0.2, 0.25) is 0 Å². The molecule has 4 nitrogen and oxygen atoms in total. The fourth-order valence-corrected chi connectivity index (χ4v) is 3.18. The number of carbonyl (C=O) groups excluding carboxylic acids is 1. The molecule has 0 fully saturated rings. The molecule has 2 heterocycles. The number of furan rings is 1. The van der Waals surface area contributed by atoms with Gasteiger partial charge in [-0.15, -0.1) is 11.3 Å². The number of benzene rings is 1. The smallest absolute Gasteiger partial charge is 0.322 e. The van der Waals surface area contributed by atoms with E-state index in [-0.39, 0.29) is 6.03 Å². The molecule has 1 aromatic carbocycles. The van der Waals surface area contributed by atoms with Gasteiger partial charge in [0.05, 0.1) is 19.1 Å². The highest BCUT2D eigenvalue weighted by Crippen LogP contribution is 2.15. The zero-order valence-corrected chi connectivity index (χ0v) is 14.4. The Bertz CT molecular complexity index is 767. The lowest BCUT2D eigenvalue weighted by Crippen LogP contribution is -2.35. The fraction of sp³-hybridized carbons (Fsp3) is 0.211. The molecular formula is C19H20N2O2S. The third-order valence-electron chi connectivity index (χ3n) is 3.72. The molecule has 0 bridgehead atoms. The number of urea groups is 1. The van der Waals surface area contributed by atoms with E-state index in [0.717, 1.165) is 23.2 Å². The van der Waals surface area contributed by atoms with Crippen LogP contribution in [-0.2, 0) is 13.0 Å². The van der Waals surface area contributed by atoms with Crippen molar-refractivity contribution in [2.75, 3.05) is 11.9 Å². The number of aryl methyl sites for hydroxylation is 1. The van der Waals surface area contributed by atoms with Crippen molar-refractivity contribution in [2.45, 2.75) is 19.9 Å². The standard InChI is InChI=1S/C19H20N2O2S/c1-15-4-2-5-17(12-15)20-19(22)21(13-16-8-10-23-14-16)9-7-18-6-3-11-24-18/h2-6,8,10-12,14H,7,9,13H2,1H3,(H,20,22). The van der Waals surface area contributed by atoms with Crippen LogP contribution in [0.1, 0.15) is 16.0 Å². The minimum Gasteiger partial charge on any atom is -0.472 e. The number of amides is 2. The van der Waals surface area contributed by atoms with Crippen LogP contribution in [0.2, 0.25) is 0 Å². The van der Waals surface area contributed by atoms with Crippen molar-refractivity contribution >= 4 is 23.1 Å². The second kappa shape index (κ2) is 7.84. The zero-order valence-electron chi connectivity index (χ0n) is 13.6. The molecule has 3 aromatic rings. The van der Waals surface area contributed by atoms with E-state index < -0.39 is 0 Å². The van der Waals surface area contributed by atoms with Gasteiger partial charge >= 0.3 is 6.03 Å². The summed E-state index contributed by atoms with van der Waals surface area (Å²) in [7, 11) is 0. The minimum absolute atomic E-state index is 0.0987. The number of rotatable bonds is 6. The van der Waals surface area contributed by atoms with Crippen LogP contribution in [0, 0.1) is 6.92 Å². The van der Waals surface area contributed by atoms with Crippen molar-refractivity contribution in [3.8, 4) is 0 Å². The van der Waals surface area contributed by atoms with Crippen LogP contribution >= 0.6 is 11.3 Å². The van der Waals surface area contributed by atoms with E-state index in [0.29, 0.717) is 13.1 Å². The molecule has 0 aliphatic heterocycles. The van der Waals surface area contributed by atoms with Crippen LogP contribution in [0.5, 0.6) is 0 Å². The highest BCUT2D eigenvalue weighted by atomic mass is 32.1. The Kier molecular flexibility index (Phi) is 5.33. The Hall–Kier alpha value is -2.53. The minimum atomic E-state index is -0.0987. The summed E-state index contributed by atoms with van der Waals surface area (Å²) in [6, 6.07) is 13.7. The predicted octanol–water partition coefficient (Wildman–Crippen LogP) is 4.93. The molecule has 0 spiro atoms. The first kappa shape index (κ1) is 16.3. The predicted molar refractivity (Wildman–Crippen MR) is 97.3 cm³/mol. The highest BCUT2D eigenvalue weighted by molar-refractivity contribution is 7.09. The lowest BCUT2D eigenvalue weighted by molar-refractivity contribution is 0.210. The number of nitrogens with zero attached hydrogens (tertiary/aromatic N) is 1. The lowest BCUT2D eigenvalue weighted by atomic mass is 10.2. The summed E-state index contributed by atoms with van der Waals surface area (Å²) < 4.78 is 5.12. The highest BCUT2D eigenvalue weighted by Gasteiger charge is 2.15. The Labute approximate surface area is 145 Å². The van der Waals surface area contributed by atoms with Gasteiger partial charge in [-0.05, 0) is 48.6 Å². The summed E-state index contributed by atoms with van der Waals surface area (Å²) >= 11 is 1.71. The molecule has 5 heteroatoms. The van der Waals surface area contributed by atoms with Gasteiger partial charge < -0.3 is 14.6 Å². The molecule has 2 amide bonds. The fourth-order valence-electron chi connectivity index (χ4n) is 2.48. The molecule has 24 heavy (non-hydrogen) atoms. The molecule has 1 N–H and O–H groups in total. The van der Waals surface area contributed by atoms with Crippen molar-refractivity contribution in [3.05, 3.63) is 76.4 Å². The van der Waals surface area contributed by atoms with E-state index in [4.69, 9.17) is 4.42 Å². The summed E-state index contributed by atoms with van der Waals surface area (Å²) in [5.41, 5.74) is 2.92. The molecule has 0 aliphatic carbocycles. The van der Waals surface area contributed by atoms with Gasteiger partial charge in [0.1, 0.15) is 0 Å². The van der Waals surface area contributed by atoms with Crippen molar-refractivity contribution in [3.63, 3.8) is 0 Å². The molecule has 0 unspecified atom stereocenters. The Morgan fingerprint density at radius 3 is 2.88 bits per heavy atom. The van der Waals surface area contributed by atoms with Crippen LogP contribution in [0.3, 0.4) is 0 Å². The second-order valence-electron chi connectivity index (χ2n) is 5.68. The molecule has 0 aliphatic rings. The first-order valence-corrected chi connectivity index (χ1v) is 8.75. The van der Waals surface area contributed by atoms with Crippen LogP contribution in [0.25, 0.3) is 0 Å². The molecular weight excluding hydrogens is 320 g/mol. The third kappa shape index (κ3) is 4.49. The number of anilines is 1. The number of hydrogen-bond acceptors (Lipinski definition) is 3. The Morgan fingerprint density at radius 2 is 2.17 bits per heavy atom. The van der Waals surface area contributed by atoms with E-state index in [1.807, 2.05) is 48.2 Å². The maximum absolute atomic E-state index is 12.7. The lowest BCUT2D eigenvalue weighted by Gasteiger charge is -2.22. The normalized spacial score (nSPS) is 10.5. The summed E-state index contributed by atoms with van der Waals surface area (Å²) in [5, 5.41) is 5.04. The molecule has 0 atom stereocenters. The monoisotopic (exact) mass is 340 g/mol. The Morgan fingerprint density at radius 1 is 1.25 bits per heavy atom. The number of nitrogens with one attached hydrogen (secondary N) is 1. The molecule has 0 radical (unpaired) electrons. The third-order valence-corrected chi connectivity index (χ3v) is 4.65. The SMILES string of the molecule is Cc1cccc(NC(=O)N(CCc2cccs2)Cc2ccoc2)c1. The van der Waals surface area contributed by atoms with Crippen LogP contribution in [0.15, 0.2) is 64.8 Å². The average molecular weight is 340 g/mol. The van der Waals surface area contributed by atoms with Gasteiger partial charge in [-0.1, -0.05) is 18.2 Å². The van der Waals surface area contributed by atoms with Crippen molar-refractivity contribution in [1.82, 2.24) is 4.90 Å². The van der Waals surface area contributed by atoms with Gasteiger partial charge in [0, 0.05) is 22.7 Å². The van der Waals surface area contributed by atoms with Gasteiger partial charge in [-0.25, -0.2) is 4.79 Å². The number of carbonyl (C=O) groups is 1. The maximum Gasteiger partial charge on any atom is 0.322 e. The van der Waals surface area contributed by atoms with Crippen molar-refractivity contribution < 1.29 is 9.21 Å². The van der Waals surface area contributed by atoms with Gasteiger partial charge in [0.25, 0.3) is 0 Å². The summed E-state index contributed by atoms with van der Waals surface area (Å²) in [6.45, 7) is 3.19. The van der Waals surface area contributed by atoms with Gasteiger partial charge in [-0.3, -0.25) is 0 Å². The average Bonchev–Trinajstić information content (AvgIpc) is 3.25. The summed E-state index contributed by atoms with van der Waals surface area (Å²) in [6.07, 6.45) is 4.15. The molecule has 124 valence electrons. The van der Waals surface area contributed by atoms with E-state index in [1.54, 1.807) is 23.9 Å². The quantitative estimate of drug-likeness (QED) is 0.692. The van der Waals surface area contributed by atoms with Crippen LogP contribution < -0.4 is 5.32 Å². The molecule has 0 saturated carbocycles. The molecule has 2 aromatic heterocycles. The first-order valence-electron chi connectivity index (χ1n) is 7.87. The Balaban J connectivity index is 1.68. The van der Waals surface area contributed by atoms with Crippen molar-refractivity contribution in [2.24, 2.45) is 0 Å². The number of thiophene rings is 1. The first-order chi connectivity index (χ1) is 11.7. The van der Waals surface area contributed by atoms with E-state index in [1.165, 1.54) is 4.88 Å². The van der Waals surface area contributed by atoms with Crippen LogP contribution in [0.4, 0.5) is 10.5 Å². The summed E-state index contributed by atoms with van der Waals surface area (Å²) in [5.74, 6) is 0. The molecule has 0 saturated heterocycles. The molecule has 3 rings (SSSR count). The topological polar surface area (TPSA) is 45.5 Å².